The molecule has 2 aromatic heterocycles. The van der Waals surface area contributed by atoms with Gasteiger partial charge in [-0.15, -0.1) is 0 Å². The van der Waals surface area contributed by atoms with E-state index in [1.165, 1.54) is 17.5 Å². The van der Waals surface area contributed by atoms with Crippen LogP contribution in [0.1, 0.15) is 31.4 Å². The molecule has 2 heterocycles. The minimum absolute atomic E-state index is 0.203. The van der Waals surface area contributed by atoms with E-state index in [4.69, 9.17) is 16.1 Å². The molecule has 1 aromatic carbocycles. The molecule has 0 unspecified atom stereocenters. The molecule has 6 nitrogen and oxygen atoms in total. The summed E-state index contributed by atoms with van der Waals surface area (Å²) in [6, 6.07) is 9.21. The highest BCUT2D eigenvalue weighted by Gasteiger charge is 2.21. The Morgan fingerprint density at radius 3 is 2.69 bits per heavy atom. The zero-order chi connectivity index (χ0) is 18.1. The van der Waals surface area contributed by atoms with Gasteiger partial charge in [-0.25, -0.2) is 4.79 Å². The molecule has 3 aromatic rings. The van der Waals surface area contributed by atoms with Crippen molar-refractivity contribution in [1.82, 2.24) is 20.3 Å². The van der Waals surface area contributed by atoms with Crippen molar-refractivity contribution in [3.63, 3.8) is 0 Å². The molecule has 1 N–H and O–H groups in total. The molecule has 1 aliphatic rings. The maximum atomic E-state index is 12.4. The first kappa shape index (κ1) is 16.8. The third-order valence-electron chi connectivity index (χ3n) is 4.72. The first-order valence-electron chi connectivity index (χ1n) is 8.71. The van der Waals surface area contributed by atoms with E-state index >= 15 is 0 Å². The number of nitrogens with zero attached hydrogens (tertiary/aromatic N) is 3. The molecule has 1 fully saturated rings. The summed E-state index contributed by atoms with van der Waals surface area (Å²) in [5, 5.41) is 12.3. The Hall–Kier alpha value is -2.60. The molecule has 134 valence electrons. The lowest BCUT2D eigenvalue weighted by Gasteiger charge is -2.11. The van der Waals surface area contributed by atoms with Crippen LogP contribution in [0.25, 0.3) is 22.5 Å². The zero-order valence-corrected chi connectivity index (χ0v) is 15.2. The van der Waals surface area contributed by atoms with Crippen molar-refractivity contribution in [3.05, 3.63) is 47.3 Å². The van der Waals surface area contributed by atoms with E-state index in [9.17, 15) is 4.79 Å². The Bertz CT molecular complexity index is 923. The lowest BCUT2D eigenvalue weighted by Crippen LogP contribution is -2.36. The number of aromatic nitrogens is 3. The summed E-state index contributed by atoms with van der Waals surface area (Å²) in [6.45, 7) is 1.83. The Balaban J connectivity index is 1.62. The standard InChI is InChI=1S/C19H19ClN4O2/c1-12-17(18(23-26-12)13-6-8-14(20)9-7-13)16-10-11-24(22-16)19(25)21-15-4-2-3-5-15/h6-11,15H,2-5H2,1H3,(H,21,25). The second-order valence-corrected chi connectivity index (χ2v) is 6.98. The maximum Gasteiger partial charge on any atom is 0.342 e. The van der Waals surface area contributed by atoms with Crippen LogP contribution in [0.4, 0.5) is 4.79 Å². The molecule has 1 aliphatic carbocycles. The summed E-state index contributed by atoms with van der Waals surface area (Å²) in [5.41, 5.74) is 2.99. The molecule has 7 heteroatoms. The number of aryl methyl sites for hydroxylation is 1. The van der Waals surface area contributed by atoms with E-state index in [2.05, 4.69) is 15.6 Å². The number of rotatable bonds is 3. The first-order valence-corrected chi connectivity index (χ1v) is 9.09. The van der Waals surface area contributed by atoms with Gasteiger partial charge in [-0.2, -0.15) is 9.78 Å². The monoisotopic (exact) mass is 370 g/mol. The van der Waals surface area contributed by atoms with E-state index in [1.54, 1.807) is 24.4 Å². The summed E-state index contributed by atoms with van der Waals surface area (Å²) < 4.78 is 6.72. The van der Waals surface area contributed by atoms with E-state index in [-0.39, 0.29) is 12.1 Å². The lowest BCUT2D eigenvalue weighted by atomic mass is 10.0. The van der Waals surface area contributed by atoms with Gasteiger partial charge < -0.3 is 9.84 Å². The molecule has 0 saturated heterocycles. The zero-order valence-electron chi connectivity index (χ0n) is 14.4. The second-order valence-electron chi connectivity index (χ2n) is 6.55. The Kier molecular flexibility index (Phi) is 4.51. The molecule has 4 rings (SSSR count). The molecule has 0 bridgehead atoms. The van der Waals surface area contributed by atoms with Gasteiger partial charge in [0, 0.05) is 22.8 Å². The lowest BCUT2D eigenvalue weighted by molar-refractivity contribution is 0.236. The Morgan fingerprint density at radius 2 is 1.96 bits per heavy atom. The van der Waals surface area contributed by atoms with Gasteiger partial charge in [0.15, 0.2) is 0 Å². The summed E-state index contributed by atoms with van der Waals surface area (Å²) in [7, 11) is 0. The van der Waals surface area contributed by atoms with Crippen LogP contribution >= 0.6 is 11.6 Å². The fourth-order valence-electron chi connectivity index (χ4n) is 3.36. The van der Waals surface area contributed by atoms with Gasteiger partial charge in [0.05, 0.1) is 11.3 Å². The highest BCUT2D eigenvalue weighted by atomic mass is 35.5. The minimum Gasteiger partial charge on any atom is -0.360 e. The number of benzene rings is 1. The molecule has 0 radical (unpaired) electrons. The predicted molar refractivity (Wildman–Crippen MR) is 99.1 cm³/mol. The van der Waals surface area contributed by atoms with Crippen LogP contribution in [-0.4, -0.2) is 27.0 Å². The molecule has 1 amide bonds. The summed E-state index contributed by atoms with van der Waals surface area (Å²) in [6.07, 6.45) is 6.06. The highest BCUT2D eigenvalue weighted by molar-refractivity contribution is 6.30. The molecular weight excluding hydrogens is 352 g/mol. The number of carbonyl (C=O) groups is 1. The summed E-state index contributed by atoms with van der Waals surface area (Å²) in [5.74, 6) is 0.649. The van der Waals surface area contributed by atoms with Gasteiger partial charge in [-0.05, 0) is 38.0 Å². The molecular formula is C19H19ClN4O2. The van der Waals surface area contributed by atoms with Crippen LogP contribution in [0, 0.1) is 6.92 Å². The van der Waals surface area contributed by atoms with Crippen LogP contribution in [-0.2, 0) is 0 Å². The van der Waals surface area contributed by atoms with Crippen molar-refractivity contribution in [2.24, 2.45) is 0 Å². The van der Waals surface area contributed by atoms with Crippen LogP contribution < -0.4 is 5.32 Å². The van der Waals surface area contributed by atoms with Gasteiger partial charge in [-0.3, -0.25) is 0 Å². The number of hydrogen-bond donors (Lipinski definition) is 1. The van der Waals surface area contributed by atoms with Crippen molar-refractivity contribution >= 4 is 17.6 Å². The molecule has 0 atom stereocenters. The van der Waals surface area contributed by atoms with Crippen molar-refractivity contribution < 1.29 is 9.32 Å². The normalized spacial score (nSPS) is 14.7. The number of carbonyl (C=O) groups excluding carboxylic acids is 1. The van der Waals surface area contributed by atoms with Crippen LogP contribution in [0.15, 0.2) is 41.1 Å². The topological polar surface area (TPSA) is 73.0 Å². The molecule has 0 spiro atoms. The fraction of sp³-hybridized carbons (Fsp3) is 0.316. The van der Waals surface area contributed by atoms with E-state index in [0.717, 1.165) is 24.0 Å². The molecule has 0 aliphatic heterocycles. The van der Waals surface area contributed by atoms with Crippen LogP contribution in [0.3, 0.4) is 0 Å². The molecule has 1 saturated carbocycles. The smallest absolute Gasteiger partial charge is 0.342 e. The fourth-order valence-corrected chi connectivity index (χ4v) is 3.49. The first-order chi connectivity index (χ1) is 12.6. The van der Waals surface area contributed by atoms with E-state index < -0.39 is 0 Å². The summed E-state index contributed by atoms with van der Waals surface area (Å²) >= 11 is 5.97. The van der Waals surface area contributed by atoms with Crippen molar-refractivity contribution in [2.75, 3.05) is 0 Å². The largest absolute Gasteiger partial charge is 0.360 e. The second kappa shape index (κ2) is 6.96. The SMILES string of the molecule is Cc1onc(-c2ccc(Cl)cc2)c1-c1ccn(C(=O)NC2CCCC2)n1. The maximum absolute atomic E-state index is 12.4. The van der Waals surface area contributed by atoms with Crippen molar-refractivity contribution in [2.45, 2.75) is 38.6 Å². The summed E-state index contributed by atoms with van der Waals surface area (Å²) in [4.78, 5) is 12.4. The van der Waals surface area contributed by atoms with Gasteiger partial charge in [0.1, 0.15) is 11.5 Å². The van der Waals surface area contributed by atoms with Gasteiger partial charge in [0.2, 0.25) is 0 Å². The number of nitrogens with one attached hydrogen (secondary N) is 1. The third-order valence-corrected chi connectivity index (χ3v) is 4.97. The van der Waals surface area contributed by atoms with Gasteiger partial charge >= 0.3 is 6.03 Å². The van der Waals surface area contributed by atoms with Crippen LogP contribution in [0.2, 0.25) is 5.02 Å². The van der Waals surface area contributed by atoms with E-state index in [0.29, 0.717) is 22.2 Å². The Labute approximate surface area is 156 Å². The number of amides is 1. The predicted octanol–water partition coefficient (Wildman–Crippen LogP) is 4.67. The van der Waals surface area contributed by atoms with Gasteiger partial charge in [0.25, 0.3) is 0 Å². The number of hydrogen-bond acceptors (Lipinski definition) is 4. The third kappa shape index (κ3) is 3.24. The minimum atomic E-state index is -0.203. The molecule has 26 heavy (non-hydrogen) atoms. The number of halogens is 1. The van der Waals surface area contributed by atoms with Crippen LogP contribution in [0.5, 0.6) is 0 Å². The highest BCUT2D eigenvalue weighted by Crippen LogP contribution is 2.33. The van der Waals surface area contributed by atoms with Crippen molar-refractivity contribution in [1.29, 1.82) is 0 Å². The van der Waals surface area contributed by atoms with Crippen molar-refractivity contribution in [3.8, 4) is 22.5 Å². The average molecular weight is 371 g/mol. The Morgan fingerprint density at radius 1 is 1.23 bits per heavy atom. The average Bonchev–Trinajstić information content (AvgIpc) is 3.36. The quantitative estimate of drug-likeness (QED) is 0.727. The van der Waals surface area contributed by atoms with E-state index in [1.807, 2.05) is 19.1 Å². The van der Waals surface area contributed by atoms with Gasteiger partial charge in [-0.1, -0.05) is 41.7 Å².